The minimum Gasteiger partial charge on any atom is -0.354 e. The summed E-state index contributed by atoms with van der Waals surface area (Å²) in [5.41, 5.74) is 3.32. The maximum atomic E-state index is 12.7. The molecule has 28 heavy (non-hydrogen) atoms. The van der Waals surface area contributed by atoms with Crippen LogP contribution in [-0.2, 0) is 18.3 Å². The molecule has 3 heterocycles. The molecular formula is C20H31N7O. The molecule has 0 spiro atoms. The Morgan fingerprint density at radius 3 is 2.71 bits per heavy atom. The quantitative estimate of drug-likeness (QED) is 0.764. The van der Waals surface area contributed by atoms with Crippen LogP contribution in [0.4, 0.5) is 5.82 Å². The van der Waals surface area contributed by atoms with Crippen LogP contribution in [0.3, 0.4) is 0 Å². The lowest BCUT2D eigenvalue weighted by molar-refractivity contribution is -0.121. The summed E-state index contributed by atoms with van der Waals surface area (Å²) in [5.74, 6) is 1.37. The highest BCUT2D eigenvalue weighted by Gasteiger charge is 2.34. The van der Waals surface area contributed by atoms with Crippen molar-refractivity contribution in [3.05, 3.63) is 35.5 Å². The first-order valence-corrected chi connectivity index (χ1v) is 9.79. The van der Waals surface area contributed by atoms with Crippen molar-refractivity contribution < 1.29 is 4.79 Å². The first kappa shape index (κ1) is 20.3. The summed E-state index contributed by atoms with van der Waals surface area (Å²) in [6, 6.07) is 2.03. The summed E-state index contributed by atoms with van der Waals surface area (Å²) in [7, 11) is 6.08. The van der Waals surface area contributed by atoms with Gasteiger partial charge in [0, 0.05) is 50.9 Å². The zero-order chi connectivity index (χ0) is 20.3. The SMILES string of the molecule is Cc1nn(C)c(C)c1CCC(=O)N[C@@H]1CN(c2ccncn2)C[C@H]1CN(C)C. The number of hydrogen-bond donors (Lipinski definition) is 1. The van der Waals surface area contributed by atoms with E-state index in [-0.39, 0.29) is 11.9 Å². The molecule has 0 bridgehead atoms. The third kappa shape index (κ3) is 4.67. The third-order valence-electron chi connectivity index (χ3n) is 5.54. The van der Waals surface area contributed by atoms with E-state index in [1.165, 1.54) is 5.56 Å². The van der Waals surface area contributed by atoms with Crippen LogP contribution >= 0.6 is 0 Å². The van der Waals surface area contributed by atoms with E-state index in [2.05, 4.69) is 51.2 Å². The predicted octanol–water partition coefficient (Wildman–Crippen LogP) is 0.942. The van der Waals surface area contributed by atoms with Gasteiger partial charge < -0.3 is 15.1 Å². The summed E-state index contributed by atoms with van der Waals surface area (Å²) >= 11 is 0. The van der Waals surface area contributed by atoms with Crippen LogP contribution < -0.4 is 10.2 Å². The Kier molecular flexibility index (Phi) is 6.28. The van der Waals surface area contributed by atoms with Gasteiger partial charge in [-0.25, -0.2) is 9.97 Å². The highest BCUT2D eigenvalue weighted by atomic mass is 16.1. The van der Waals surface area contributed by atoms with Crippen LogP contribution in [0.25, 0.3) is 0 Å². The number of nitrogens with one attached hydrogen (secondary N) is 1. The summed E-state index contributed by atoms with van der Waals surface area (Å²) < 4.78 is 1.88. The number of hydrogen-bond acceptors (Lipinski definition) is 6. The molecule has 0 radical (unpaired) electrons. The molecule has 2 aromatic heterocycles. The van der Waals surface area contributed by atoms with Crippen molar-refractivity contribution in [1.82, 2.24) is 30.0 Å². The number of rotatable bonds is 7. The minimum absolute atomic E-state index is 0.0981. The lowest BCUT2D eigenvalue weighted by Crippen LogP contribution is -2.43. The van der Waals surface area contributed by atoms with E-state index in [4.69, 9.17) is 0 Å². The largest absolute Gasteiger partial charge is 0.354 e. The molecule has 1 saturated heterocycles. The Morgan fingerprint density at radius 1 is 1.32 bits per heavy atom. The molecular weight excluding hydrogens is 354 g/mol. The van der Waals surface area contributed by atoms with Gasteiger partial charge in [-0.05, 0) is 46.0 Å². The van der Waals surface area contributed by atoms with Crippen LogP contribution in [0.5, 0.6) is 0 Å². The zero-order valence-electron chi connectivity index (χ0n) is 17.5. The predicted molar refractivity (Wildman–Crippen MR) is 109 cm³/mol. The van der Waals surface area contributed by atoms with E-state index in [1.54, 1.807) is 12.5 Å². The van der Waals surface area contributed by atoms with Crippen LogP contribution in [0.15, 0.2) is 18.6 Å². The van der Waals surface area contributed by atoms with Crippen molar-refractivity contribution in [2.24, 2.45) is 13.0 Å². The number of anilines is 1. The summed E-state index contributed by atoms with van der Waals surface area (Å²) in [6.07, 6.45) is 4.53. The molecule has 0 saturated carbocycles. The standard InChI is InChI=1S/C20H31N7O/c1-14-17(15(2)26(5)24-14)6-7-20(28)23-18-12-27(11-16(18)10-25(3)4)19-8-9-21-13-22-19/h8-9,13,16,18H,6-7,10-12H2,1-5H3,(H,23,28)/t16-,18-/m1/s1. The molecule has 0 aromatic carbocycles. The number of amides is 1. The summed E-state index contributed by atoms with van der Waals surface area (Å²) in [6.45, 7) is 6.63. The fourth-order valence-corrected chi connectivity index (χ4v) is 4.04. The van der Waals surface area contributed by atoms with Gasteiger partial charge in [-0.2, -0.15) is 5.10 Å². The van der Waals surface area contributed by atoms with Crippen molar-refractivity contribution in [3.8, 4) is 0 Å². The van der Waals surface area contributed by atoms with E-state index in [0.717, 1.165) is 43.3 Å². The second-order valence-corrected chi connectivity index (χ2v) is 7.94. The number of aryl methyl sites for hydroxylation is 2. The van der Waals surface area contributed by atoms with Crippen molar-refractivity contribution in [2.45, 2.75) is 32.7 Å². The third-order valence-corrected chi connectivity index (χ3v) is 5.54. The van der Waals surface area contributed by atoms with Crippen LogP contribution in [0, 0.1) is 19.8 Å². The topological polar surface area (TPSA) is 79.2 Å². The smallest absolute Gasteiger partial charge is 0.220 e. The monoisotopic (exact) mass is 385 g/mol. The average molecular weight is 386 g/mol. The molecule has 1 fully saturated rings. The second-order valence-electron chi connectivity index (χ2n) is 7.94. The Balaban J connectivity index is 1.62. The van der Waals surface area contributed by atoms with Gasteiger partial charge in [0.25, 0.3) is 0 Å². The van der Waals surface area contributed by atoms with Crippen molar-refractivity contribution >= 4 is 11.7 Å². The van der Waals surface area contributed by atoms with E-state index in [0.29, 0.717) is 12.3 Å². The van der Waals surface area contributed by atoms with Crippen molar-refractivity contribution in [2.75, 3.05) is 38.6 Å². The molecule has 1 aliphatic rings. The molecule has 8 nitrogen and oxygen atoms in total. The fourth-order valence-electron chi connectivity index (χ4n) is 4.04. The molecule has 0 unspecified atom stereocenters. The number of aromatic nitrogens is 4. The lowest BCUT2D eigenvalue weighted by Gasteiger charge is -2.22. The summed E-state index contributed by atoms with van der Waals surface area (Å²) in [4.78, 5) is 25.5. The van der Waals surface area contributed by atoms with E-state index in [1.807, 2.05) is 24.7 Å². The molecule has 3 rings (SSSR count). The van der Waals surface area contributed by atoms with Gasteiger partial charge in [0.1, 0.15) is 12.1 Å². The van der Waals surface area contributed by atoms with E-state index < -0.39 is 0 Å². The van der Waals surface area contributed by atoms with Crippen molar-refractivity contribution in [1.29, 1.82) is 0 Å². The van der Waals surface area contributed by atoms with Gasteiger partial charge in [-0.15, -0.1) is 0 Å². The molecule has 1 N–H and O–H groups in total. The average Bonchev–Trinajstić information content (AvgIpc) is 3.14. The van der Waals surface area contributed by atoms with Gasteiger partial charge in [0.2, 0.25) is 5.91 Å². The molecule has 2 atom stereocenters. The highest BCUT2D eigenvalue weighted by molar-refractivity contribution is 5.76. The Bertz CT molecular complexity index is 802. The molecule has 1 amide bonds. The van der Waals surface area contributed by atoms with Crippen molar-refractivity contribution in [3.63, 3.8) is 0 Å². The summed E-state index contributed by atoms with van der Waals surface area (Å²) in [5, 5.41) is 7.71. The van der Waals surface area contributed by atoms with Gasteiger partial charge in [0.05, 0.1) is 11.7 Å². The molecule has 152 valence electrons. The maximum absolute atomic E-state index is 12.7. The molecule has 1 aliphatic heterocycles. The van der Waals surface area contributed by atoms with Gasteiger partial charge in [-0.3, -0.25) is 9.48 Å². The first-order chi connectivity index (χ1) is 13.3. The van der Waals surface area contributed by atoms with Crippen LogP contribution in [0.1, 0.15) is 23.4 Å². The number of carbonyl (C=O) groups is 1. The number of carbonyl (C=O) groups excluding carboxylic acids is 1. The van der Waals surface area contributed by atoms with E-state index >= 15 is 0 Å². The van der Waals surface area contributed by atoms with Gasteiger partial charge in [0.15, 0.2) is 0 Å². The molecule has 2 aromatic rings. The minimum atomic E-state index is 0.0981. The first-order valence-electron chi connectivity index (χ1n) is 9.79. The Labute approximate surface area is 167 Å². The van der Waals surface area contributed by atoms with Crippen LogP contribution in [-0.4, -0.2) is 70.3 Å². The molecule has 0 aliphatic carbocycles. The van der Waals surface area contributed by atoms with Gasteiger partial charge >= 0.3 is 0 Å². The normalized spacial score (nSPS) is 19.4. The molecule has 8 heteroatoms. The Morgan fingerprint density at radius 2 is 2.11 bits per heavy atom. The fraction of sp³-hybridized carbons (Fsp3) is 0.600. The van der Waals surface area contributed by atoms with Crippen LogP contribution in [0.2, 0.25) is 0 Å². The van der Waals surface area contributed by atoms with Gasteiger partial charge in [-0.1, -0.05) is 0 Å². The maximum Gasteiger partial charge on any atom is 0.220 e. The Hall–Kier alpha value is -2.48. The zero-order valence-corrected chi connectivity index (χ0v) is 17.5. The van der Waals surface area contributed by atoms with E-state index in [9.17, 15) is 4.79 Å². The number of nitrogens with zero attached hydrogens (tertiary/aromatic N) is 6. The lowest BCUT2D eigenvalue weighted by atomic mass is 10.0. The highest BCUT2D eigenvalue weighted by Crippen LogP contribution is 2.23. The second kappa shape index (κ2) is 8.68.